The van der Waals surface area contributed by atoms with Gasteiger partial charge in [-0.25, -0.2) is 4.39 Å². The molecule has 4 unspecified atom stereocenters. The number of rotatable bonds is 3. The summed E-state index contributed by atoms with van der Waals surface area (Å²) in [4.78, 5) is 0. The van der Waals surface area contributed by atoms with Crippen LogP contribution in [-0.2, 0) is 0 Å². The first-order valence-electron chi connectivity index (χ1n) is 10.0. The first-order valence-corrected chi connectivity index (χ1v) is 10.4. The molecule has 0 nitrogen and oxygen atoms in total. The van der Waals surface area contributed by atoms with E-state index in [1.807, 2.05) is 0 Å². The van der Waals surface area contributed by atoms with E-state index in [1.54, 1.807) is 12.1 Å². The second-order valence-corrected chi connectivity index (χ2v) is 8.78. The van der Waals surface area contributed by atoms with Crippen LogP contribution < -0.4 is 0 Å². The fraction of sp³-hybridized carbons (Fsp3) is 0.565. The lowest BCUT2D eigenvalue weighted by molar-refractivity contribution is 0.114. The lowest BCUT2D eigenvalue weighted by Gasteiger charge is -2.42. The van der Waals surface area contributed by atoms with Crippen molar-refractivity contribution in [2.45, 2.75) is 64.2 Å². The Balaban J connectivity index is 1.50. The summed E-state index contributed by atoms with van der Waals surface area (Å²) in [5.41, 5.74) is 1.39. The molecular weight excluding hydrogens is 331 g/mol. The topological polar surface area (TPSA) is 0 Å². The predicted molar refractivity (Wildman–Crippen MR) is 105 cm³/mol. The number of fused-ring (bicyclic) bond motifs is 2. The maximum atomic E-state index is 13.8. The van der Waals surface area contributed by atoms with Crippen LogP contribution in [0.1, 0.15) is 69.8 Å². The average molecular weight is 359 g/mol. The van der Waals surface area contributed by atoms with Crippen LogP contribution in [0.3, 0.4) is 0 Å². The molecule has 2 fully saturated rings. The van der Waals surface area contributed by atoms with Crippen LogP contribution >= 0.6 is 11.6 Å². The van der Waals surface area contributed by atoms with Crippen LogP contribution in [0.25, 0.3) is 10.8 Å². The Morgan fingerprint density at radius 1 is 0.960 bits per heavy atom. The van der Waals surface area contributed by atoms with Crippen molar-refractivity contribution in [2.75, 3.05) is 0 Å². The largest absolute Gasteiger partial charge is 0.205 e. The average Bonchev–Trinajstić information content (AvgIpc) is 2.62. The Morgan fingerprint density at radius 3 is 2.60 bits per heavy atom. The molecule has 25 heavy (non-hydrogen) atoms. The molecular formula is C23H28ClF. The van der Waals surface area contributed by atoms with Gasteiger partial charge in [-0.3, -0.25) is 0 Å². The van der Waals surface area contributed by atoms with Crippen molar-refractivity contribution in [3.8, 4) is 0 Å². The molecule has 0 heterocycles. The van der Waals surface area contributed by atoms with E-state index in [2.05, 4.69) is 25.1 Å². The smallest absolute Gasteiger partial charge is 0.142 e. The van der Waals surface area contributed by atoms with Gasteiger partial charge in [-0.1, -0.05) is 56.0 Å². The first-order chi connectivity index (χ1) is 12.1. The fourth-order valence-corrected chi connectivity index (χ4v) is 5.65. The molecule has 0 amide bonds. The molecule has 134 valence electrons. The van der Waals surface area contributed by atoms with Crippen molar-refractivity contribution < 1.29 is 4.39 Å². The molecule has 2 aliphatic rings. The second-order valence-electron chi connectivity index (χ2n) is 8.37. The van der Waals surface area contributed by atoms with Crippen LogP contribution in [0.4, 0.5) is 4.39 Å². The molecule has 0 aromatic heterocycles. The lowest BCUT2D eigenvalue weighted by Crippen LogP contribution is -2.30. The summed E-state index contributed by atoms with van der Waals surface area (Å²) in [5.74, 6) is 3.18. The zero-order valence-corrected chi connectivity index (χ0v) is 15.9. The fourth-order valence-electron chi connectivity index (χ4n) is 5.47. The molecule has 2 aromatic rings. The molecule has 0 N–H and O–H groups in total. The van der Waals surface area contributed by atoms with Gasteiger partial charge in [-0.2, -0.15) is 0 Å². The van der Waals surface area contributed by atoms with Gasteiger partial charge >= 0.3 is 0 Å². The van der Waals surface area contributed by atoms with Crippen LogP contribution in [0.2, 0.25) is 5.02 Å². The highest BCUT2D eigenvalue weighted by Gasteiger charge is 2.35. The predicted octanol–water partition coefficient (Wildman–Crippen LogP) is 7.73. The van der Waals surface area contributed by atoms with E-state index in [0.29, 0.717) is 5.92 Å². The SMILES string of the molecule is CCCC1CCC2CC(c3ccc4cc(Cl)c(F)cc4c3)CCC2C1. The summed E-state index contributed by atoms with van der Waals surface area (Å²) in [6, 6.07) is 9.87. The van der Waals surface area contributed by atoms with Gasteiger partial charge in [0.25, 0.3) is 0 Å². The quantitative estimate of drug-likeness (QED) is 0.526. The number of hydrogen-bond acceptors (Lipinski definition) is 0. The number of benzene rings is 2. The van der Waals surface area contributed by atoms with E-state index in [1.165, 1.54) is 56.9 Å². The van der Waals surface area contributed by atoms with Crippen molar-refractivity contribution >= 4 is 22.4 Å². The first kappa shape index (κ1) is 17.3. The summed E-state index contributed by atoms with van der Waals surface area (Å²) in [7, 11) is 0. The van der Waals surface area contributed by atoms with Gasteiger partial charge in [0, 0.05) is 0 Å². The molecule has 0 saturated heterocycles. The van der Waals surface area contributed by atoms with Crippen molar-refractivity contribution in [3.63, 3.8) is 0 Å². The molecule has 0 radical (unpaired) electrons. The molecule has 2 saturated carbocycles. The van der Waals surface area contributed by atoms with Crippen molar-refractivity contribution in [2.24, 2.45) is 17.8 Å². The van der Waals surface area contributed by atoms with Gasteiger partial charge in [-0.05, 0) is 84.2 Å². The van der Waals surface area contributed by atoms with Crippen LogP contribution in [0, 0.1) is 23.6 Å². The van der Waals surface area contributed by atoms with Crippen LogP contribution in [-0.4, -0.2) is 0 Å². The van der Waals surface area contributed by atoms with Gasteiger partial charge in [-0.15, -0.1) is 0 Å². The van der Waals surface area contributed by atoms with Gasteiger partial charge in [0.2, 0.25) is 0 Å². The summed E-state index contributed by atoms with van der Waals surface area (Å²) < 4.78 is 13.8. The molecule has 2 aliphatic carbocycles. The molecule has 2 aromatic carbocycles. The van der Waals surface area contributed by atoms with Gasteiger partial charge < -0.3 is 0 Å². The molecule has 2 heteroatoms. The van der Waals surface area contributed by atoms with E-state index < -0.39 is 0 Å². The van der Waals surface area contributed by atoms with Crippen LogP contribution in [0.5, 0.6) is 0 Å². The van der Waals surface area contributed by atoms with E-state index in [4.69, 9.17) is 11.6 Å². The van der Waals surface area contributed by atoms with Gasteiger partial charge in [0.15, 0.2) is 0 Å². The molecule has 4 rings (SSSR count). The number of hydrogen-bond donors (Lipinski definition) is 0. The molecule has 0 bridgehead atoms. The minimum absolute atomic E-state index is 0.213. The second kappa shape index (κ2) is 7.27. The van der Waals surface area contributed by atoms with Crippen molar-refractivity contribution in [3.05, 3.63) is 46.7 Å². The Morgan fingerprint density at radius 2 is 1.76 bits per heavy atom. The highest BCUT2D eigenvalue weighted by molar-refractivity contribution is 6.31. The summed E-state index contributed by atoms with van der Waals surface area (Å²) in [6.07, 6.45) is 11.1. The standard InChI is InChI=1S/C23H28ClF/c1-2-3-15-4-5-17-11-18(7-6-16(17)10-15)19-8-9-20-13-22(24)23(25)14-21(20)12-19/h8-9,12-18H,2-7,10-11H2,1H3. The summed E-state index contributed by atoms with van der Waals surface area (Å²) in [6.45, 7) is 2.32. The minimum atomic E-state index is -0.315. The van der Waals surface area contributed by atoms with E-state index in [-0.39, 0.29) is 10.8 Å². The third-order valence-corrected chi connectivity index (χ3v) is 7.08. The highest BCUT2D eigenvalue weighted by Crippen LogP contribution is 2.48. The maximum absolute atomic E-state index is 13.8. The van der Waals surface area contributed by atoms with Gasteiger partial charge in [0.05, 0.1) is 5.02 Å². The Labute approximate surface area is 155 Å². The zero-order valence-electron chi connectivity index (χ0n) is 15.1. The zero-order chi connectivity index (χ0) is 17.4. The maximum Gasteiger partial charge on any atom is 0.142 e. The van der Waals surface area contributed by atoms with Crippen molar-refractivity contribution in [1.29, 1.82) is 0 Å². The molecule has 0 aliphatic heterocycles. The Bertz CT molecular complexity index is 753. The minimum Gasteiger partial charge on any atom is -0.205 e. The molecule has 4 atom stereocenters. The summed E-state index contributed by atoms with van der Waals surface area (Å²) in [5, 5.41) is 2.22. The van der Waals surface area contributed by atoms with E-state index in [9.17, 15) is 4.39 Å². The normalized spacial score (nSPS) is 29.6. The van der Waals surface area contributed by atoms with Crippen molar-refractivity contribution in [1.82, 2.24) is 0 Å². The highest BCUT2D eigenvalue weighted by atomic mass is 35.5. The van der Waals surface area contributed by atoms with Crippen LogP contribution in [0.15, 0.2) is 30.3 Å². The van der Waals surface area contributed by atoms with E-state index in [0.717, 1.165) is 28.5 Å². The monoisotopic (exact) mass is 358 g/mol. The summed E-state index contributed by atoms with van der Waals surface area (Å²) >= 11 is 5.91. The molecule has 0 spiro atoms. The number of halogens is 2. The Kier molecular flexibility index (Phi) is 5.04. The third-order valence-electron chi connectivity index (χ3n) is 6.79. The van der Waals surface area contributed by atoms with Gasteiger partial charge in [0.1, 0.15) is 5.82 Å². The lowest BCUT2D eigenvalue weighted by atomic mass is 9.63. The Hall–Kier alpha value is -1.08. The third kappa shape index (κ3) is 3.58. The van der Waals surface area contributed by atoms with E-state index >= 15 is 0 Å².